The number of rotatable bonds is 6. The number of nitrogens with zero attached hydrogens (tertiary/aromatic N) is 1. The highest BCUT2D eigenvalue weighted by molar-refractivity contribution is 5.84. The van der Waals surface area contributed by atoms with Crippen LogP contribution >= 0.6 is 0 Å². The zero-order valence-electron chi connectivity index (χ0n) is 11.2. The van der Waals surface area contributed by atoms with E-state index in [2.05, 4.69) is 5.32 Å². The summed E-state index contributed by atoms with van der Waals surface area (Å²) in [5, 5.41) is 11.9. The van der Waals surface area contributed by atoms with E-state index in [1.54, 1.807) is 11.8 Å². The second-order valence-electron chi connectivity index (χ2n) is 4.97. The number of nitrogens with one attached hydrogen (secondary N) is 1. The minimum atomic E-state index is -0.325. The highest BCUT2D eigenvalue weighted by atomic mass is 16.3. The van der Waals surface area contributed by atoms with Crippen LogP contribution in [0.1, 0.15) is 45.4 Å². The van der Waals surface area contributed by atoms with Gasteiger partial charge in [-0.2, -0.15) is 0 Å². The summed E-state index contributed by atoms with van der Waals surface area (Å²) in [5.41, 5.74) is 0. The van der Waals surface area contributed by atoms with Crippen molar-refractivity contribution in [1.29, 1.82) is 0 Å². The molecule has 0 spiro atoms. The third-order valence-corrected chi connectivity index (χ3v) is 3.13. The van der Waals surface area contributed by atoms with E-state index in [1.807, 2.05) is 0 Å². The van der Waals surface area contributed by atoms with Gasteiger partial charge in [0.15, 0.2) is 0 Å². The third kappa shape index (κ3) is 6.00. The summed E-state index contributed by atoms with van der Waals surface area (Å²) in [6.45, 7) is 3.16. The van der Waals surface area contributed by atoms with Crippen molar-refractivity contribution in [2.24, 2.45) is 0 Å². The van der Waals surface area contributed by atoms with Crippen molar-refractivity contribution in [2.75, 3.05) is 19.6 Å². The summed E-state index contributed by atoms with van der Waals surface area (Å²) in [7, 11) is 0. The molecule has 1 heterocycles. The normalized spacial score (nSPS) is 18.3. The van der Waals surface area contributed by atoms with Crippen molar-refractivity contribution >= 4 is 11.8 Å². The van der Waals surface area contributed by atoms with Crippen LogP contribution in [0.2, 0.25) is 0 Å². The molecule has 1 aliphatic heterocycles. The summed E-state index contributed by atoms with van der Waals surface area (Å²) in [5.74, 6) is -0.0116. The number of hydrogen-bond donors (Lipinski definition) is 2. The molecule has 0 aromatic carbocycles. The zero-order valence-corrected chi connectivity index (χ0v) is 11.2. The van der Waals surface area contributed by atoms with E-state index < -0.39 is 0 Å². The Hall–Kier alpha value is -1.10. The van der Waals surface area contributed by atoms with Gasteiger partial charge in [-0.3, -0.25) is 9.59 Å². The fraction of sp³-hybridized carbons (Fsp3) is 0.846. The first-order chi connectivity index (χ1) is 8.59. The molecule has 5 nitrogen and oxygen atoms in total. The van der Waals surface area contributed by atoms with Gasteiger partial charge >= 0.3 is 0 Å². The lowest BCUT2D eigenvalue weighted by atomic mass is 10.2. The molecule has 0 radical (unpaired) electrons. The van der Waals surface area contributed by atoms with Crippen LogP contribution < -0.4 is 5.32 Å². The van der Waals surface area contributed by atoms with Crippen molar-refractivity contribution in [3.05, 3.63) is 0 Å². The van der Waals surface area contributed by atoms with E-state index in [0.29, 0.717) is 25.9 Å². The SMILES string of the molecule is CC(O)CCCNC(=O)CN1CCCCCC1=O. The smallest absolute Gasteiger partial charge is 0.239 e. The van der Waals surface area contributed by atoms with Crippen LogP contribution in [0, 0.1) is 0 Å². The molecule has 2 amide bonds. The third-order valence-electron chi connectivity index (χ3n) is 3.13. The monoisotopic (exact) mass is 256 g/mol. The van der Waals surface area contributed by atoms with E-state index in [1.165, 1.54) is 0 Å². The summed E-state index contributed by atoms with van der Waals surface area (Å²) in [4.78, 5) is 25.0. The van der Waals surface area contributed by atoms with E-state index in [-0.39, 0.29) is 24.5 Å². The van der Waals surface area contributed by atoms with Gasteiger partial charge in [0.05, 0.1) is 12.6 Å². The van der Waals surface area contributed by atoms with Gasteiger partial charge in [-0.05, 0) is 32.6 Å². The first-order valence-corrected chi connectivity index (χ1v) is 6.82. The number of aliphatic hydroxyl groups excluding tert-OH is 1. The number of hydrogen-bond acceptors (Lipinski definition) is 3. The van der Waals surface area contributed by atoms with E-state index in [4.69, 9.17) is 5.11 Å². The van der Waals surface area contributed by atoms with Gasteiger partial charge in [0.25, 0.3) is 0 Å². The van der Waals surface area contributed by atoms with Crippen molar-refractivity contribution in [3.8, 4) is 0 Å². The van der Waals surface area contributed by atoms with Crippen LogP contribution in [0.4, 0.5) is 0 Å². The van der Waals surface area contributed by atoms with E-state index in [9.17, 15) is 9.59 Å². The molecule has 1 unspecified atom stereocenters. The topological polar surface area (TPSA) is 69.6 Å². The molecule has 1 rings (SSSR count). The average Bonchev–Trinajstić information content (AvgIpc) is 2.50. The number of carbonyl (C=O) groups is 2. The van der Waals surface area contributed by atoms with Crippen LogP contribution in [-0.2, 0) is 9.59 Å². The summed E-state index contributed by atoms with van der Waals surface area (Å²) < 4.78 is 0. The summed E-state index contributed by atoms with van der Waals surface area (Å²) >= 11 is 0. The maximum absolute atomic E-state index is 11.7. The Labute approximate surface area is 109 Å². The van der Waals surface area contributed by atoms with Crippen LogP contribution in [0.15, 0.2) is 0 Å². The van der Waals surface area contributed by atoms with Gasteiger partial charge in [-0.25, -0.2) is 0 Å². The molecule has 18 heavy (non-hydrogen) atoms. The molecule has 0 bridgehead atoms. The largest absolute Gasteiger partial charge is 0.393 e. The maximum atomic E-state index is 11.7. The first kappa shape index (κ1) is 15.0. The van der Waals surface area contributed by atoms with Gasteiger partial charge in [-0.15, -0.1) is 0 Å². The summed E-state index contributed by atoms with van der Waals surface area (Å²) in [6.07, 6.45) is 4.68. The Morgan fingerprint density at radius 3 is 2.94 bits per heavy atom. The second-order valence-corrected chi connectivity index (χ2v) is 4.97. The van der Waals surface area contributed by atoms with Crippen LogP contribution in [-0.4, -0.2) is 47.6 Å². The Morgan fingerprint density at radius 1 is 1.44 bits per heavy atom. The second kappa shape index (κ2) is 8.08. The molecule has 0 aliphatic carbocycles. The zero-order chi connectivity index (χ0) is 13.4. The lowest BCUT2D eigenvalue weighted by Crippen LogP contribution is -2.40. The molecule has 0 aromatic rings. The van der Waals surface area contributed by atoms with Crippen LogP contribution in [0.25, 0.3) is 0 Å². The van der Waals surface area contributed by atoms with E-state index in [0.717, 1.165) is 25.7 Å². The molecular weight excluding hydrogens is 232 g/mol. The Morgan fingerprint density at radius 2 is 2.22 bits per heavy atom. The summed E-state index contributed by atoms with van der Waals surface area (Å²) in [6, 6.07) is 0. The maximum Gasteiger partial charge on any atom is 0.239 e. The Balaban J connectivity index is 2.19. The van der Waals surface area contributed by atoms with Crippen molar-refractivity contribution in [1.82, 2.24) is 10.2 Å². The lowest BCUT2D eigenvalue weighted by Gasteiger charge is -2.19. The minimum Gasteiger partial charge on any atom is -0.393 e. The Kier molecular flexibility index (Phi) is 6.72. The standard InChI is InChI=1S/C13H24N2O3/c1-11(16)6-5-8-14-12(17)10-15-9-4-2-3-7-13(15)18/h11,16H,2-10H2,1H3,(H,14,17). The molecule has 0 saturated carbocycles. The number of likely N-dealkylation sites (tertiary alicyclic amines) is 1. The molecule has 1 saturated heterocycles. The molecule has 0 aromatic heterocycles. The number of carbonyl (C=O) groups excluding carboxylic acids is 2. The fourth-order valence-corrected chi connectivity index (χ4v) is 2.06. The van der Waals surface area contributed by atoms with Gasteiger partial charge in [0.1, 0.15) is 0 Å². The Bertz CT molecular complexity index is 279. The first-order valence-electron chi connectivity index (χ1n) is 6.82. The van der Waals surface area contributed by atoms with Crippen LogP contribution in [0.5, 0.6) is 0 Å². The predicted molar refractivity (Wildman–Crippen MR) is 69.0 cm³/mol. The fourth-order valence-electron chi connectivity index (χ4n) is 2.06. The van der Waals surface area contributed by atoms with Crippen molar-refractivity contribution in [3.63, 3.8) is 0 Å². The highest BCUT2D eigenvalue weighted by Gasteiger charge is 2.18. The lowest BCUT2D eigenvalue weighted by molar-refractivity contribution is -0.135. The highest BCUT2D eigenvalue weighted by Crippen LogP contribution is 2.10. The molecule has 2 N–H and O–H groups in total. The van der Waals surface area contributed by atoms with Crippen molar-refractivity contribution < 1.29 is 14.7 Å². The van der Waals surface area contributed by atoms with Crippen LogP contribution in [0.3, 0.4) is 0 Å². The van der Waals surface area contributed by atoms with E-state index >= 15 is 0 Å². The van der Waals surface area contributed by atoms with Gasteiger partial charge < -0.3 is 15.3 Å². The molecule has 104 valence electrons. The number of aliphatic hydroxyl groups is 1. The molecule has 1 fully saturated rings. The quantitative estimate of drug-likeness (QED) is 0.686. The predicted octanol–water partition coefficient (Wildman–Crippen LogP) is 0.666. The van der Waals surface area contributed by atoms with Gasteiger partial charge in [-0.1, -0.05) is 6.42 Å². The molecule has 1 atom stereocenters. The number of amides is 2. The van der Waals surface area contributed by atoms with Gasteiger partial charge in [0, 0.05) is 19.5 Å². The van der Waals surface area contributed by atoms with Gasteiger partial charge in [0.2, 0.25) is 11.8 Å². The molecule has 1 aliphatic rings. The molecule has 5 heteroatoms. The minimum absolute atomic E-state index is 0.0895. The average molecular weight is 256 g/mol. The van der Waals surface area contributed by atoms with Crippen molar-refractivity contribution in [2.45, 2.75) is 51.6 Å². The molecular formula is C13H24N2O3.